The Hall–Kier alpha value is -3.19. The third-order valence-corrected chi connectivity index (χ3v) is 7.26. The summed E-state index contributed by atoms with van der Waals surface area (Å²) in [7, 11) is 0. The van der Waals surface area contributed by atoms with Crippen molar-refractivity contribution in [1.29, 1.82) is 0 Å². The van der Waals surface area contributed by atoms with Gasteiger partial charge in [0, 0.05) is 48.9 Å². The highest BCUT2D eigenvalue weighted by atomic mass is 32.1. The fourth-order valence-electron chi connectivity index (χ4n) is 4.53. The van der Waals surface area contributed by atoms with E-state index in [1.165, 1.54) is 12.1 Å². The van der Waals surface area contributed by atoms with E-state index >= 15 is 0 Å². The highest BCUT2D eigenvalue weighted by Crippen LogP contribution is 2.35. The van der Waals surface area contributed by atoms with Gasteiger partial charge in [0.15, 0.2) is 0 Å². The SMILES string of the molecule is O=C(C[C@@H](c1cccs1)N1Cc2ccccc2C1=O)N1CCN(c2ccc(F)cc2)CC1. The highest BCUT2D eigenvalue weighted by Gasteiger charge is 2.36. The van der Waals surface area contributed by atoms with Gasteiger partial charge < -0.3 is 14.7 Å². The molecule has 164 valence electrons. The average Bonchev–Trinajstić information content (AvgIpc) is 3.47. The molecule has 32 heavy (non-hydrogen) atoms. The second-order valence-electron chi connectivity index (χ2n) is 8.17. The smallest absolute Gasteiger partial charge is 0.255 e. The molecule has 2 aliphatic rings. The molecule has 0 aliphatic carbocycles. The molecular formula is C25H24FN3O2S. The van der Waals surface area contributed by atoms with Gasteiger partial charge in [-0.1, -0.05) is 24.3 Å². The minimum absolute atomic E-state index is 0.00655. The van der Waals surface area contributed by atoms with Crippen molar-refractivity contribution >= 4 is 28.8 Å². The molecule has 1 saturated heterocycles. The van der Waals surface area contributed by atoms with E-state index in [-0.39, 0.29) is 30.1 Å². The molecule has 3 heterocycles. The average molecular weight is 450 g/mol. The number of rotatable bonds is 5. The van der Waals surface area contributed by atoms with E-state index in [1.54, 1.807) is 23.5 Å². The normalized spacial score (nSPS) is 16.9. The number of hydrogen-bond acceptors (Lipinski definition) is 4. The second kappa shape index (κ2) is 8.74. The molecule has 1 aromatic heterocycles. The van der Waals surface area contributed by atoms with E-state index in [4.69, 9.17) is 0 Å². The number of carbonyl (C=O) groups is 2. The topological polar surface area (TPSA) is 43.9 Å². The van der Waals surface area contributed by atoms with Crippen molar-refractivity contribution in [3.05, 3.63) is 87.9 Å². The molecule has 3 aromatic rings. The molecule has 0 spiro atoms. The van der Waals surface area contributed by atoms with Crippen molar-refractivity contribution in [2.24, 2.45) is 0 Å². The maximum absolute atomic E-state index is 13.3. The molecule has 7 heteroatoms. The van der Waals surface area contributed by atoms with Gasteiger partial charge in [-0.25, -0.2) is 4.39 Å². The van der Waals surface area contributed by atoms with Gasteiger partial charge in [0.2, 0.25) is 5.91 Å². The van der Waals surface area contributed by atoms with Crippen LogP contribution in [0.5, 0.6) is 0 Å². The van der Waals surface area contributed by atoms with Crippen molar-refractivity contribution in [3.8, 4) is 0 Å². The zero-order chi connectivity index (χ0) is 22.1. The minimum Gasteiger partial charge on any atom is -0.368 e. The lowest BCUT2D eigenvalue weighted by molar-refractivity contribution is -0.132. The van der Waals surface area contributed by atoms with E-state index in [9.17, 15) is 14.0 Å². The minimum atomic E-state index is -0.266. The maximum Gasteiger partial charge on any atom is 0.255 e. The molecular weight excluding hydrogens is 425 g/mol. The lowest BCUT2D eigenvalue weighted by Crippen LogP contribution is -2.49. The lowest BCUT2D eigenvalue weighted by atomic mass is 10.1. The van der Waals surface area contributed by atoms with Crippen LogP contribution in [0.15, 0.2) is 66.0 Å². The molecule has 0 saturated carbocycles. The first-order valence-electron chi connectivity index (χ1n) is 10.8. The van der Waals surface area contributed by atoms with Gasteiger partial charge in [0.1, 0.15) is 5.82 Å². The summed E-state index contributed by atoms with van der Waals surface area (Å²) in [5, 5.41) is 1.99. The van der Waals surface area contributed by atoms with Crippen molar-refractivity contribution < 1.29 is 14.0 Å². The van der Waals surface area contributed by atoms with Gasteiger partial charge >= 0.3 is 0 Å². The first-order valence-corrected chi connectivity index (χ1v) is 11.7. The van der Waals surface area contributed by atoms with Crippen LogP contribution in [0, 0.1) is 5.82 Å². The van der Waals surface area contributed by atoms with E-state index in [1.807, 2.05) is 51.6 Å². The Labute approximate surface area is 190 Å². The molecule has 2 aromatic carbocycles. The van der Waals surface area contributed by atoms with Gasteiger partial charge in [-0.05, 0) is 47.3 Å². The Bertz CT molecular complexity index is 1110. The third-order valence-electron chi connectivity index (χ3n) is 6.29. The molecule has 0 radical (unpaired) electrons. The fourth-order valence-corrected chi connectivity index (χ4v) is 5.37. The number of piperazine rings is 1. The number of nitrogens with zero attached hydrogens (tertiary/aromatic N) is 3. The van der Waals surface area contributed by atoms with E-state index in [2.05, 4.69) is 4.90 Å². The maximum atomic E-state index is 13.3. The third kappa shape index (κ3) is 4.00. The van der Waals surface area contributed by atoms with Gasteiger partial charge in [-0.2, -0.15) is 0 Å². The molecule has 0 N–H and O–H groups in total. The predicted octanol–water partition coefficient (Wildman–Crippen LogP) is 4.32. The first-order chi connectivity index (χ1) is 15.6. The molecule has 0 bridgehead atoms. The molecule has 5 rings (SSSR count). The summed E-state index contributed by atoms with van der Waals surface area (Å²) in [5.41, 5.74) is 2.71. The number of benzene rings is 2. The quantitative estimate of drug-likeness (QED) is 0.583. The van der Waals surface area contributed by atoms with Crippen LogP contribution in [0.3, 0.4) is 0 Å². The van der Waals surface area contributed by atoms with Crippen LogP contribution in [0.4, 0.5) is 10.1 Å². The standard InChI is InChI=1S/C25H24FN3O2S/c26-19-7-9-20(10-8-19)27-11-13-28(14-12-27)24(30)16-22(23-6-3-15-32-23)29-17-18-4-1-2-5-21(18)25(29)31/h1-10,15,22H,11-14,16-17H2/t22-/m0/s1. The van der Waals surface area contributed by atoms with Crippen molar-refractivity contribution in [2.45, 2.75) is 19.0 Å². The van der Waals surface area contributed by atoms with Crippen molar-refractivity contribution in [3.63, 3.8) is 0 Å². The van der Waals surface area contributed by atoms with Crippen molar-refractivity contribution in [1.82, 2.24) is 9.80 Å². The summed E-state index contributed by atoms with van der Waals surface area (Å²) in [6, 6.07) is 17.8. The van der Waals surface area contributed by atoms with Crippen LogP contribution in [0.25, 0.3) is 0 Å². The van der Waals surface area contributed by atoms with E-state index in [0.29, 0.717) is 32.7 Å². The highest BCUT2D eigenvalue weighted by molar-refractivity contribution is 7.10. The van der Waals surface area contributed by atoms with Gasteiger partial charge in [0.05, 0.1) is 12.5 Å². The van der Waals surface area contributed by atoms with Crippen LogP contribution in [-0.4, -0.2) is 47.8 Å². The Kier molecular flexibility index (Phi) is 5.66. The van der Waals surface area contributed by atoms with E-state index < -0.39 is 0 Å². The lowest BCUT2D eigenvalue weighted by Gasteiger charge is -2.37. The zero-order valence-corrected chi connectivity index (χ0v) is 18.4. The van der Waals surface area contributed by atoms with Crippen LogP contribution >= 0.6 is 11.3 Å². The summed E-state index contributed by atoms with van der Waals surface area (Å²) < 4.78 is 13.2. The molecule has 2 amide bonds. The summed E-state index contributed by atoms with van der Waals surface area (Å²) in [6.45, 7) is 3.16. The van der Waals surface area contributed by atoms with Crippen LogP contribution in [0.2, 0.25) is 0 Å². The summed E-state index contributed by atoms with van der Waals surface area (Å²) in [5.74, 6) is -0.195. The Morgan fingerprint density at radius 3 is 2.41 bits per heavy atom. The molecule has 1 fully saturated rings. The monoisotopic (exact) mass is 449 g/mol. The number of carbonyl (C=O) groups excluding carboxylic acids is 2. The number of halogens is 1. The molecule has 1 atom stereocenters. The predicted molar refractivity (Wildman–Crippen MR) is 123 cm³/mol. The first kappa shape index (κ1) is 20.7. The molecule has 2 aliphatic heterocycles. The molecule has 0 unspecified atom stereocenters. The molecule has 5 nitrogen and oxygen atoms in total. The second-order valence-corrected chi connectivity index (χ2v) is 9.15. The number of thiophene rings is 1. The Morgan fingerprint density at radius 1 is 0.969 bits per heavy atom. The summed E-state index contributed by atoms with van der Waals surface area (Å²) in [4.78, 5) is 33.3. The number of hydrogen-bond donors (Lipinski definition) is 0. The van der Waals surface area contributed by atoms with Crippen LogP contribution < -0.4 is 4.90 Å². The van der Waals surface area contributed by atoms with Crippen LogP contribution in [0.1, 0.15) is 33.3 Å². The summed E-state index contributed by atoms with van der Waals surface area (Å²) >= 11 is 1.58. The number of anilines is 1. The fraction of sp³-hybridized carbons (Fsp3) is 0.280. The van der Waals surface area contributed by atoms with Gasteiger partial charge in [-0.3, -0.25) is 9.59 Å². The van der Waals surface area contributed by atoms with Crippen molar-refractivity contribution in [2.75, 3.05) is 31.1 Å². The number of fused-ring (bicyclic) bond motifs is 1. The van der Waals surface area contributed by atoms with Crippen LogP contribution in [-0.2, 0) is 11.3 Å². The summed E-state index contributed by atoms with van der Waals surface area (Å²) in [6.07, 6.45) is 0.275. The van der Waals surface area contributed by atoms with E-state index in [0.717, 1.165) is 21.7 Å². The Morgan fingerprint density at radius 2 is 1.72 bits per heavy atom. The van der Waals surface area contributed by atoms with Gasteiger partial charge in [-0.15, -0.1) is 11.3 Å². The largest absolute Gasteiger partial charge is 0.368 e. The number of amides is 2. The zero-order valence-electron chi connectivity index (χ0n) is 17.6. The Balaban J connectivity index is 1.27. The van der Waals surface area contributed by atoms with Gasteiger partial charge in [0.25, 0.3) is 5.91 Å².